The fraction of sp³-hybridized carbons (Fsp3) is 0.431. The third-order valence-corrected chi connectivity index (χ3v) is 18.8. The van der Waals surface area contributed by atoms with Crippen molar-refractivity contribution in [3.63, 3.8) is 0 Å². The molecule has 2 amide bonds. The van der Waals surface area contributed by atoms with Gasteiger partial charge in [0.05, 0.1) is 34.6 Å². The molecule has 2 saturated heterocycles. The summed E-state index contributed by atoms with van der Waals surface area (Å²) in [5.74, 6) is 1.49. The molecule has 0 aromatic carbocycles. The molecule has 4 atom stereocenters. The number of rotatable bonds is 3. The zero-order chi connectivity index (χ0) is 57.5. The predicted molar refractivity (Wildman–Crippen MR) is 316 cm³/mol. The van der Waals surface area contributed by atoms with Crippen LogP contribution >= 0.6 is 29.6 Å². The van der Waals surface area contributed by atoms with E-state index in [4.69, 9.17) is 4.98 Å². The first-order valence-electron chi connectivity index (χ1n) is 27.6. The first kappa shape index (κ1) is 60.1. The molecule has 0 radical (unpaired) electrons. The number of halogens is 2. The fourth-order valence-electron chi connectivity index (χ4n) is 11.4. The van der Waals surface area contributed by atoms with Gasteiger partial charge in [-0.3, -0.25) is 19.6 Å². The van der Waals surface area contributed by atoms with Crippen LogP contribution in [0.5, 0.6) is 0 Å². The summed E-state index contributed by atoms with van der Waals surface area (Å²) in [6.45, 7) is 10.0. The summed E-state index contributed by atoms with van der Waals surface area (Å²) in [6.07, 6.45) is 18.6. The van der Waals surface area contributed by atoms with E-state index in [1.54, 1.807) is 54.9 Å². The second-order valence-corrected chi connectivity index (χ2v) is 26.7. The number of nitrogens with zero attached hydrogens (tertiary/aromatic N) is 8. The Kier molecular flexibility index (Phi) is 19.3. The molecule has 4 fully saturated rings. The second kappa shape index (κ2) is 26.0. The summed E-state index contributed by atoms with van der Waals surface area (Å²) in [5, 5.41) is 6.31. The predicted octanol–water partition coefficient (Wildman–Crippen LogP) is 11.3. The van der Waals surface area contributed by atoms with E-state index in [0.29, 0.717) is 52.2 Å². The molecule has 6 aliphatic rings. The zero-order valence-electron chi connectivity index (χ0n) is 46.1. The van der Waals surface area contributed by atoms with E-state index in [1.807, 2.05) is 42.5 Å². The number of nitrogens with one attached hydrogen (secondary N) is 4. The fourth-order valence-corrected chi connectivity index (χ4v) is 13.5. The Balaban J connectivity index is 0.000000178. The van der Waals surface area contributed by atoms with Gasteiger partial charge in [-0.25, -0.2) is 29.4 Å². The Labute approximate surface area is 501 Å². The van der Waals surface area contributed by atoms with Crippen LogP contribution in [0.1, 0.15) is 161 Å². The molecule has 81 heavy (non-hydrogen) atoms. The molecule has 0 unspecified atom stereocenters. The molecule has 6 aromatic rings. The molecule has 10 heterocycles. The van der Waals surface area contributed by atoms with Gasteiger partial charge in [-0.05, 0) is 180 Å². The van der Waals surface area contributed by atoms with Crippen molar-refractivity contribution >= 4 is 84.7 Å². The van der Waals surface area contributed by atoms with Crippen LogP contribution in [0.2, 0.25) is 0 Å². The van der Waals surface area contributed by atoms with E-state index in [2.05, 4.69) is 118 Å². The van der Waals surface area contributed by atoms with Crippen molar-refractivity contribution in [2.75, 3.05) is 33.5 Å². The molecule has 23 heteroatoms. The molecule has 2 saturated carbocycles. The van der Waals surface area contributed by atoms with Crippen molar-refractivity contribution in [1.82, 2.24) is 39.3 Å². The number of anilines is 4. The number of carbonyl (C=O) groups excluding carboxylic acids is 2. The summed E-state index contributed by atoms with van der Waals surface area (Å²) in [4.78, 5) is 58.5. The molecule has 0 spiro atoms. The first-order chi connectivity index (χ1) is 38.8. The van der Waals surface area contributed by atoms with E-state index in [0.717, 1.165) is 75.0 Å². The standard InChI is InChI=1S/C29H34N6O3S.C25H27BrN6O3S.C4H7.BrH.Zn/c1-29(2)17-19-12-14-24(23-9-3-4-16-30-23)31-25-10-6-11-26(33-25)39(37,38)34-28(36)21-13-15-22(20-7-5-8-20)32-27(21)35(29)18-19;1-25(2)14-16-9-11-19(18-6-3-4-13-27-18)28-21-7-5-8-22(30-21)36(34,35)31-24(33)17-10-12-20(26)29-23(17)32(25)15-16;1-2-4-3-1;;/h3-4,6,9-11,13,15-16,19-20,24H,5,7-8,12,14,17-18H2,1-2H3,(H,31,33)(H,34,36);3-8,10,12-13,16,19H,9,11,14-15H2,1-2H3,(H,28,30)(H,31,33);1H,2-4H2;1H;/q;;-1;;+2/p-1/t19-,24+;16-,19+;;;/m00.../s1. The van der Waals surface area contributed by atoms with Gasteiger partial charge < -0.3 is 26.9 Å². The third kappa shape index (κ3) is 14.5. The minimum absolute atomic E-state index is 0.149. The Bertz CT molecular complexity index is 3410. The summed E-state index contributed by atoms with van der Waals surface area (Å²) < 4.78 is 58.0. The molecule has 8 bridgehead atoms. The van der Waals surface area contributed by atoms with Crippen LogP contribution in [0.4, 0.5) is 23.3 Å². The van der Waals surface area contributed by atoms with Gasteiger partial charge in [0.25, 0.3) is 31.9 Å². The van der Waals surface area contributed by atoms with E-state index in [1.165, 1.54) is 54.2 Å². The second-order valence-electron chi connectivity index (χ2n) is 22.6. The van der Waals surface area contributed by atoms with Gasteiger partial charge in [-0.1, -0.05) is 30.7 Å². The van der Waals surface area contributed by atoms with Crippen LogP contribution < -0.4 is 29.9 Å². The van der Waals surface area contributed by atoms with E-state index >= 15 is 0 Å². The Morgan fingerprint density at radius 2 is 1.01 bits per heavy atom. The molecule has 6 aromatic heterocycles. The number of amides is 2. The van der Waals surface area contributed by atoms with Gasteiger partial charge in [0.1, 0.15) is 27.9 Å². The van der Waals surface area contributed by atoms with Crippen molar-refractivity contribution in [1.29, 1.82) is 0 Å². The Hall–Kier alpha value is -5.48. The van der Waals surface area contributed by atoms with Crippen LogP contribution in [0.3, 0.4) is 0 Å². The average Bonchev–Trinajstić information content (AvgIpc) is 4.17. The monoisotopic (exact) mass is 1310 g/mol. The molecular weight excluding hydrogens is 1250 g/mol. The third-order valence-electron chi connectivity index (χ3n) is 15.9. The normalized spacial score (nSPS) is 23.2. The number of pyridine rings is 6. The molecule has 2 aliphatic carbocycles. The van der Waals surface area contributed by atoms with Gasteiger partial charge in [0.2, 0.25) is 0 Å². The summed E-state index contributed by atoms with van der Waals surface area (Å²) in [7, 11) is -8.46. The Morgan fingerprint density at radius 1 is 0.556 bits per heavy atom. The van der Waals surface area contributed by atoms with Gasteiger partial charge in [0.15, 0.2) is 10.1 Å². The summed E-state index contributed by atoms with van der Waals surface area (Å²) in [5.41, 5.74) is 2.65. The van der Waals surface area contributed by atoms with E-state index in [-0.39, 0.29) is 44.3 Å². The van der Waals surface area contributed by atoms with Crippen LogP contribution in [0.25, 0.3) is 0 Å². The molecule has 12 rings (SSSR count). The quantitative estimate of drug-likeness (QED) is 0.0732. The maximum absolute atomic E-state index is 13.5. The number of fused-ring (bicyclic) bond motifs is 12. The van der Waals surface area contributed by atoms with Crippen LogP contribution in [0.15, 0.2) is 124 Å². The number of sulfonamides is 2. The first-order valence-corrected chi connectivity index (χ1v) is 38.3. The number of carbonyl (C=O) groups is 2. The number of aromatic nitrogens is 6. The number of hydrogen-bond acceptors (Lipinski definition) is 16. The van der Waals surface area contributed by atoms with Gasteiger partial charge in [-0.2, -0.15) is 29.7 Å². The molecule has 4 N–H and O–H groups in total. The summed E-state index contributed by atoms with van der Waals surface area (Å²) in [6, 6.07) is 27.5. The minimum atomic E-state index is -4.23. The number of hydrogen-bond donors (Lipinski definition) is 4. The summed E-state index contributed by atoms with van der Waals surface area (Å²) >= 11 is 7.66. The molecule has 18 nitrogen and oxygen atoms in total. The van der Waals surface area contributed by atoms with Gasteiger partial charge in [0, 0.05) is 48.2 Å². The van der Waals surface area contributed by atoms with Gasteiger partial charge >= 0.3 is 30.0 Å². The maximum atomic E-state index is 13.5. The van der Waals surface area contributed by atoms with Crippen molar-refractivity contribution in [2.24, 2.45) is 11.8 Å². The topological polar surface area (TPSA) is 234 Å². The molecule has 424 valence electrons. The van der Waals surface area contributed by atoms with Crippen molar-refractivity contribution in [2.45, 2.75) is 144 Å². The Morgan fingerprint density at radius 3 is 1.43 bits per heavy atom. The SMILES string of the molecule is CC1(C)C[C@@H]2CC[C@H](c3ccccn3)Nc3cccc(n3)S(=O)(=O)NC(=O)c3ccc(Br)nc3N1C2.CC1(C)C[C@@H]2CC[C@H](c3ccccn3)Nc3cccc(n3)S(=O)(=O)NC(=O)c3ccc(C4CCC4)nc3N1C2.[CH-]1CCC1.[Zn+][Br]. The molecular formula is C58H68Br2N12O6S2Zn. The van der Waals surface area contributed by atoms with Crippen molar-refractivity contribution < 1.29 is 42.8 Å². The zero-order valence-corrected chi connectivity index (χ0v) is 53.8. The van der Waals surface area contributed by atoms with Crippen LogP contribution in [-0.4, -0.2) is 82.7 Å². The van der Waals surface area contributed by atoms with Crippen molar-refractivity contribution in [3.8, 4) is 0 Å². The average molecular weight is 1320 g/mol. The van der Waals surface area contributed by atoms with Crippen LogP contribution in [-0.2, 0) is 36.4 Å². The van der Waals surface area contributed by atoms with E-state index in [9.17, 15) is 26.4 Å². The van der Waals surface area contributed by atoms with Crippen LogP contribution in [0, 0.1) is 18.3 Å². The van der Waals surface area contributed by atoms with Gasteiger partial charge in [-0.15, -0.1) is 6.42 Å². The van der Waals surface area contributed by atoms with E-state index < -0.39 is 31.9 Å². The van der Waals surface area contributed by atoms with Crippen molar-refractivity contribution in [3.05, 3.63) is 149 Å². The molecule has 4 aliphatic heterocycles.